The lowest BCUT2D eigenvalue weighted by Gasteiger charge is -2.07. The van der Waals surface area contributed by atoms with Gasteiger partial charge in [-0.2, -0.15) is 18.2 Å². The SMILES string of the molecule is FC(F)(F)c1cccc(Cc2noc(NC3CC3)n2)c1. The van der Waals surface area contributed by atoms with Crippen LogP contribution in [-0.2, 0) is 12.6 Å². The molecule has 1 fully saturated rings. The number of nitrogens with one attached hydrogen (secondary N) is 1. The van der Waals surface area contributed by atoms with E-state index >= 15 is 0 Å². The van der Waals surface area contributed by atoms with Crippen LogP contribution in [0.4, 0.5) is 19.2 Å². The second-order valence-electron chi connectivity index (χ2n) is 4.81. The average molecular weight is 283 g/mol. The standard InChI is InChI=1S/C13H12F3N3O/c14-13(15,16)9-3-1-2-8(6-9)7-11-18-12(20-19-11)17-10-4-5-10/h1-3,6,10H,4-5,7H2,(H,17,18,19). The molecule has 2 aromatic rings. The lowest BCUT2D eigenvalue weighted by molar-refractivity contribution is -0.137. The predicted molar refractivity (Wildman–Crippen MR) is 65.2 cm³/mol. The van der Waals surface area contributed by atoms with Crippen molar-refractivity contribution in [2.24, 2.45) is 0 Å². The van der Waals surface area contributed by atoms with Crippen LogP contribution in [0.5, 0.6) is 0 Å². The predicted octanol–water partition coefficient (Wildman–Crippen LogP) is 3.25. The Kier molecular flexibility index (Phi) is 3.11. The van der Waals surface area contributed by atoms with Crippen molar-refractivity contribution < 1.29 is 17.7 Å². The van der Waals surface area contributed by atoms with Gasteiger partial charge in [-0.25, -0.2) is 0 Å². The van der Waals surface area contributed by atoms with Gasteiger partial charge in [0.2, 0.25) is 0 Å². The lowest BCUT2D eigenvalue weighted by atomic mass is 10.1. The molecule has 1 aromatic carbocycles. The minimum absolute atomic E-state index is 0.208. The lowest BCUT2D eigenvalue weighted by Crippen LogP contribution is -2.05. The van der Waals surface area contributed by atoms with E-state index < -0.39 is 11.7 Å². The summed E-state index contributed by atoms with van der Waals surface area (Å²) in [4.78, 5) is 4.11. The minimum atomic E-state index is -4.34. The van der Waals surface area contributed by atoms with Gasteiger partial charge in [-0.05, 0) is 24.5 Å². The average Bonchev–Trinajstić information content (AvgIpc) is 3.09. The number of aromatic nitrogens is 2. The monoisotopic (exact) mass is 283 g/mol. The summed E-state index contributed by atoms with van der Waals surface area (Å²) in [5.41, 5.74) is -0.173. The summed E-state index contributed by atoms with van der Waals surface area (Å²) >= 11 is 0. The van der Waals surface area contributed by atoms with Gasteiger partial charge in [0.25, 0.3) is 0 Å². The molecule has 20 heavy (non-hydrogen) atoms. The van der Waals surface area contributed by atoms with Crippen LogP contribution >= 0.6 is 0 Å². The highest BCUT2D eigenvalue weighted by molar-refractivity contribution is 5.29. The van der Waals surface area contributed by atoms with Gasteiger partial charge in [-0.3, -0.25) is 0 Å². The molecular formula is C13H12F3N3O. The normalized spacial score (nSPS) is 15.3. The fraction of sp³-hybridized carbons (Fsp3) is 0.385. The van der Waals surface area contributed by atoms with E-state index in [1.807, 2.05) is 0 Å². The van der Waals surface area contributed by atoms with E-state index in [4.69, 9.17) is 4.52 Å². The summed E-state index contributed by atoms with van der Waals surface area (Å²) in [5.74, 6) is 0.368. The Bertz CT molecular complexity index is 605. The van der Waals surface area contributed by atoms with Crippen LogP contribution in [0.25, 0.3) is 0 Å². The van der Waals surface area contributed by atoms with Gasteiger partial charge < -0.3 is 9.84 Å². The Balaban J connectivity index is 1.71. The highest BCUT2D eigenvalue weighted by Crippen LogP contribution is 2.30. The van der Waals surface area contributed by atoms with Crippen LogP contribution in [0.3, 0.4) is 0 Å². The van der Waals surface area contributed by atoms with Crippen molar-refractivity contribution in [3.63, 3.8) is 0 Å². The van der Waals surface area contributed by atoms with Crippen LogP contribution in [-0.4, -0.2) is 16.2 Å². The first-order valence-corrected chi connectivity index (χ1v) is 6.26. The van der Waals surface area contributed by atoms with E-state index in [-0.39, 0.29) is 6.42 Å². The van der Waals surface area contributed by atoms with Crippen molar-refractivity contribution >= 4 is 6.01 Å². The van der Waals surface area contributed by atoms with Crippen molar-refractivity contribution in [2.75, 3.05) is 5.32 Å². The van der Waals surface area contributed by atoms with E-state index in [0.29, 0.717) is 23.4 Å². The molecule has 0 aliphatic heterocycles. The number of benzene rings is 1. The molecule has 0 atom stereocenters. The van der Waals surface area contributed by atoms with Crippen molar-refractivity contribution in [3.8, 4) is 0 Å². The van der Waals surface area contributed by atoms with Gasteiger partial charge in [0.05, 0.1) is 5.56 Å². The number of rotatable bonds is 4. The van der Waals surface area contributed by atoms with Crippen molar-refractivity contribution in [3.05, 3.63) is 41.2 Å². The fourth-order valence-corrected chi connectivity index (χ4v) is 1.83. The number of alkyl halides is 3. The van der Waals surface area contributed by atoms with Gasteiger partial charge in [-0.15, -0.1) is 0 Å². The van der Waals surface area contributed by atoms with E-state index in [9.17, 15) is 13.2 Å². The highest BCUT2D eigenvalue weighted by atomic mass is 19.4. The number of hydrogen-bond donors (Lipinski definition) is 1. The highest BCUT2D eigenvalue weighted by Gasteiger charge is 2.30. The molecule has 1 aliphatic carbocycles. The van der Waals surface area contributed by atoms with Crippen LogP contribution < -0.4 is 5.32 Å². The third-order valence-corrected chi connectivity index (χ3v) is 2.99. The van der Waals surface area contributed by atoms with Crippen LogP contribution in [0.15, 0.2) is 28.8 Å². The van der Waals surface area contributed by atoms with Crippen LogP contribution in [0.1, 0.15) is 29.8 Å². The Morgan fingerprint density at radius 3 is 2.80 bits per heavy atom. The maximum absolute atomic E-state index is 12.6. The minimum Gasteiger partial charge on any atom is -0.335 e. The molecule has 106 valence electrons. The van der Waals surface area contributed by atoms with Gasteiger partial charge >= 0.3 is 12.2 Å². The summed E-state index contributed by atoms with van der Waals surface area (Å²) in [5, 5.41) is 6.79. The summed E-state index contributed by atoms with van der Waals surface area (Å²) < 4.78 is 42.8. The number of hydrogen-bond acceptors (Lipinski definition) is 4. The summed E-state index contributed by atoms with van der Waals surface area (Å²) in [6.45, 7) is 0. The smallest absolute Gasteiger partial charge is 0.335 e. The molecule has 1 aliphatic rings. The zero-order valence-electron chi connectivity index (χ0n) is 10.4. The summed E-state index contributed by atoms with van der Waals surface area (Å²) in [7, 11) is 0. The first-order valence-electron chi connectivity index (χ1n) is 6.26. The topological polar surface area (TPSA) is 51.0 Å². The molecular weight excluding hydrogens is 271 g/mol. The molecule has 0 radical (unpaired) electrons. The van der Waals surface area contributed by atoms with Gasteiger partial charge in [0, 0.05) is 12.5 Å². The van der Waals surface area contributed by atoms with E-state index in [2.05, 4.69) is 15.5 Å². The first-order chi connectivity index (χ1) is 9.50. The Morgan fingerprint density at radius 1 is 1.30 bits per heavy atom. The maximum Gasteiger partial charge on any atom is 0.416 e. The molecule has 1 heterocycles. The Hall–Kier alpha value is -2.05. The van der Waals surface area contributed by atoms with Crippen molar-refractivity contribution in [2.45, 2.75) is 31.5 Å². The molecule has 1 aromatic heterocycles. The number of halogens is 3. The molecule has 0 saturated heterocycles. The molecule has 4 nitrogen and oxygen atoms in total. The van der Waals surface area contributed by atoms with E-state index in [1.54, 1.807) is 6.07 Å². The van der Waals surface area contributed by atoms with Crippen LogP contribution in [0.2, 0.25) is 0 Å². The third kappa shape index (κ3) is 3.09. The molecule has 0 spiro atoms. The van der Waals surface area contributed by atoms with Crippen LogP contribution in [0, 0.1) is 0 Å². The fourth-order valence-electron chi connectivity index (χ4n) is 1.83. The molecule has 0 unspecified atom stereocenters. The molecule has 3 rings (SSSR count). The molecule has 7 heteroatoms. The Morgan fingerprint density at radius 2 is 2.10 bits per heavy atom. The molecule has 1 saturated carbocycles. The second kappa shape index (κ2) is 4.81. The number of anilines is 1. The van der Waals surface area contributed by atoms with Gasteiger partial charge in [0.1, 0.15) is 0 Å². The number of nitrogens with zero attached hydrogens (tertiary/aromatic N) is 2. The van der Waals surface area contributed by atoms with E-state index in [0.717, 1.165) is 25.0 Å². The molecule has 0 bridgehead atoms. The summed E-state index contributed by atoms with van der Waals surface area (Å²) in [6.07, 6.45) is -1.98. The van der Waals surface area contributed by atoms with Crippen molar-refractivity contribution in [1.29, 1.82) is 0 Å². The summed E-state index contributed by atoms with van der Waals surface area (Å²) in [6, 6.07) is 5.84. The van der Waals surface area contributed by atoms with Gasteiger partial charge in [-0.1, -0.05) is 23.4 Å². The first kappa shape index (κ1) is 13.0. The Labute approximate surface area is 113 Å². The third-order valence-electron chi connectivity index (χ3n) is 2.99. The van der Waals surface area contributed by atoms with Gasteiger partial charge in [0.15, 0.2) is 5.82 Å². The second-order valence-corrected chi connectivity index (χ2v) is 4.81. The quantitative estimate of drug-likeness (QED) is 0.935. The molecule has 0 amide bonds. The maximum atomic E-state index is 12.6. The van der Waals surface area contributed by atoms with E-state index in [1.165, 1.54) is 6.07 Å². The largest absolute Gasteiger partial charge is 0.416 e. The van der Waals surface area contributed by atoms with Crippen molar-refractivity contribution in [1.82, 2.24) is 10.1 Å². The zero-order chi connectivity index (χ0) is 14.2. The molecule has 1 N–H and O–H groups in total. The zero-order valence-corrected chi connectivity index (χ0v) is 10.4.